The molecular weight excluding hydrogens is 252 g/mol. The van der Waals surface area contributed by atoms with Gasteiger partial charge >= 0.3 is 0 Å². The van der Waals surface area contributed by atoms with Crippen molar-refractivity contribution < 1.29 is 0 Å². The highest BCUT2D eigenvalue weighted by molar-refractivity contribution is 5.58. The lowest BCUT2D eigenvalue weighted by Crippen LogP contribution is -2.37. The van der Waals surface area contributed by atoms with E-state index in [9.17, 15) is 0 Å². The van der Waals surface area contributed by atoms with Crippen LogP contribution in [0.25, 0.3) is 0 Å². The van der Waals surface area contributed by atoms with Crippen molar-refractivity contribution in [3.05, 3.63) is 11.4 Å². The molecule has 3 rings (SSSR count). The van der Waals surface area contributed by atoms with Gasteiger partial charge in [-0.1, -0.05) is 0 Å². The first kappa shape index (κ1) is 13.6. The molecule has 20 heavy (non-hydrogen) atoms. The Bertz CT molecular complexity index is 489. The van der Waals surface area contributed by atoms with Crippen molar-refractivity contribution >= 4 is 11.6 Å². The number of rotatable bonds is 2. The maximum atomic E-state index is 5.57. The van der Waals surface area contributed by atoms with E-state index in [-0.39, 0.29) is 0 Å². The van der Waals surface area contributed by atoms with Crippen LogP contribution in [0.3, 0.4) is 0 Å². The summed E-state index contributed by atoms with van der Waals surface area (Å²) in [4.78, 5) is 14.1. The van der Waals surface area contributed by atoms with E-state index in [1.807, 2.05) is 13.8 Å². The van der Waals surface area contributed by atoms with Gasteiger partial charge in [0.1, 0.15) is 17.5 Å². The van der Waals surface area contributed by atoms with E-state index >= 15 is 0 Å². The van der Waals surface area contributed by atoms with E-state index in [4.69, 9.17) is 5.84 Å². The summed E-state index contributed by atoms with van der Waals surface area (Å²) in [6.45, 7) is 8.57. The lowest BCUT2D eigenvalue weighted by molar-refractivity contribution is 0.273. The Balaban J connectivity index is 1.89. The topological polar surface area (TPSA) is 70.3 Å². The van der Waals surface area contributed by atoms with Crippen LogP contribution in [0.2, 0.25) is 0 Å². The fraction of sp³-hybridized carbons (Fsp3) is 0.714. The molecular formula is C14H24N6. The van der Waals surface area contributed by atoms with Crippen LogP contribution in [-0.2, 0) is 0 Å². The zero-order chi connectivity index (χ0) is 14.1. The predicted octanol–water partition coefficient (Wildman–Crippen LogP) is 1.05. The van der Waals surface area contributed by atoms with Gasteiger partial charge in [-0.15, -0.1) is 0 Å². The number of hydrogen-bond donors (Lipinski definition) is 2. The molecule has 0 bridgehead atoms. The van der Waals surface area contributed by atoms with Crippen molar-refractivity contribution in [2.75, 3.05) is 36.5 Å². The predicted molar refractivity (Wildman–Crippen MR) is 80.7 cm³/mol. The molecule has 110 valence electrons. The fourth-order valence-electron chi connectivity index (χ4n) is 3.46. The maximum absolute atomic E-state index is 5.57. The number of fused-ring (bicyclic) bond motifs is 1. The first-order valence-corrected chi connectivity index (χ1v) is 7.50. The highest BCUT2D eigenvalue weighted by atomic mass is 15.3. The Hall–Kier alpha value is -1.40. The van der Waals surface area contributed by atoms with E-state index in [1.54, 1.807) is 0 Å². The molecule has 6 heteroatoms. The fourth-order valence-corrected chi connectivity index (χ4v) is 3.46. The molecule has 1 aromatic rings. The van der Waals surface area contributed by atoms with Crippen molar-refractivity contribution in [3.8, 4) is 0 Å². The molecule has 0 radical (unpaired) electrons. The SMILES string of the molecule is Cc1nc(NN)c(C)c(N2CCCN3CCCC3C2)n1. The van der Waals surface area contributed by atoms with Crippen molar-refractivity contribution in [2.24, 2.45) is 5.84 Å². The van der Waals surface area contributed by atoms with Gasteiger partial charge in [-0.05, 0) is 39.7 Å². The molecule has 0 saturated carbocycles. The average Bonchev–Trinajstić information content (AvgIpc) is 2.78. The van der Waals surface area contributed by atoms with E-state index < -0.39 is 0 Å². The Kier molecular flexibility index (Phi) is 3.76. The summed E-state index contributed by atoms with van der Waals surface area (Å²) in [5.74, 6) is 8.11. The minimum absolute atomic E-state index is 0.682. The van der Waals surface area contributed by atoms with E-state index in [0.29, 0.717) is 6.04 Å². The largest absolute Gasteiger partial charge is 0.355 e. The average molecular weight is 276 g/mol. The standard InChI is InChI=1S/C14H24N6/c1-10-13(18-15)16-11(2)17-14(10)20-8-4-7-19-6-3-5-12(19)9-20/h12H,3-9,15H2,1-2H3,(H,16,17,18). The van der Waals surface area contributed by atoms with Crippen molar-refractivity contribution in [2.45, 2.75) is 39.2 Å². The number of aromatic nitrogens is 2. The van der Waals surface area contributed by atoms with Crippen LogP contribution < -0.4 is 16.2 Å². The van der Waals surface area contributed by atoms with E-state index in [0.717, 1.165) is 36.1 Å². The Morgan fingerprint density at radius 1 is 1.15 bits per heavy atom. The van der Waals surface area contributed by atoms with Crippen LogP contribution in [0, 0.1) is 13.8 Å². The van der Waals surface area contributed by atoms with Gasteiger partial charge < -0.3 is 10.3 Å². The lowest BCUT2D eigenvalue weighted by atomic mass is 10.2. The van der Waals surface area contributed by atoms with Crippen LogP contribution in [0.1, 0.15) is 30.7 Å². The first-order chi connectivity index (χ1) is 9.69. The van der Waals surface area contributed by atoms with Gasteiger partial charge in [0.2, 0.25) is 0 Å². The normalized spacial score (nSPS) is 23.6. The monoisotopic (exact) mass is 276 g/mol. The van der Waals surface area contributed by atoms with Gasteiger partial charge in [0.15, 0.2) is 0 Å². The zero-order valence-electron chi connectivity index (χ0n) is 12.4. The second kappa shape index (κ2) is 5.54. The van der Waals surface area contributed by atoms with Gasteiger partial charge in [0.05, 0.1) is 0 Å². The van der Waals surface area contributed by atoms with Crippen LogP contribution >= 0.6 is 0 Å². The first-order valence-electron chi connectivity index (χ1n) is 7.50. The van der Waals surface area contributed by atoms with Crippen LogP contribution in [0.5, 0.6) is 0 Å². The Morgan fingerprint density at radius 3 is 2.75 bits per heavy atom. The molecule has 1 aromatic heterocycles. The third-order valence-electron chi connectivity index (χ3n) is 4.47. The van der Waals surface area contributed by atoms with E-state index in [2.05, 4.69) is 25.2 Å². The molecule has 0 aliphatic carbocycles. The second-order valence-corrected chi connectivity index (χ2v) is 5.84. The zero-order valence-corrected chi connectivity index (χ0v) is 12.4. The number of nitrogen functional groups attached to an aromatic ring is 1. The number of hydrogen-bond acceptors (Lipinski definition) is 6. The molecule has 2 saturated heterocycles. The number of nitrogens with two attached hydrogens (primary N) is 1. The summed E-state index contributed by atoms with van der Waals surface area (Å²) < 4.78 is 0. The Labute approximate surface area is 120 Å². The molecule has 3 N–H and O–H groups in total. The molecule has 0 aromatic carbocycles. The molecule has 0 amide bonds. The number of nitrogens with one attached hydrogen (secondary N) is 1. The minimum Gasteiger partial charge on any atom is -0.355 e. The third kappa shape index (κ3) is 2.45. The van der Waals surface area contributed by atoms with Crippen LogP contribution in [0.15, 0.2) is 0 Å². The smallest absolute Gasteiger partial charge is 0.148 e. The van der Waals surface area contributed by atoms with Crippen LogP contribution in [-0.4, -0.2) is 47.1 Å². The van der Waals surface area contributed by atoms with E-state index in [1.165, 1.54) is 32.4 Å². The summed E-state index contributed by atoms with van der Waals surface area (Å²) in [5.41, 5.74) is 3.74. The molecule has 1 atom stereocenters. The molecule has 2 aliphatic heterocycles. The molecule has 2 fully saturated rings. The minimum atomic E-state index is 0.682. The van der Waals surface area contributed by atoms with Gasteiger partial charge in [-0.3, -0.25) is 4.90 Å². The summed E-state index contributed by atoms with van der Waals surface area (Å²) >= 11 is 0. The highest BCUT2D eigenvalue weighted by Gasteiger charge is 2.30. The summed E-state index contributed by atoms with van der Waals surface area (Å²) in [5, 5.41) is 0. The molecule has 6 nitrogen and oxygen atoms in total. The highest BCUT2D eigenvalue weighted by Crippen LogP contribution is 2.28. The molecule has 1 unspecified atom stereocenters. The summed E-state index contributed by atoms with van der Waals surface area (Å²) in [6, 6.07) is 0.682. The quantitative estimate of drug-likeness (QED) is 0.621. The van der Waals surface area contributed by atoms with Gasteiger partial charge in [-0.25, -0.2) is 15.8 Å². The lowest BCUT2D eigenvalue weighted by Gasteiger charge is -2.28. The van der Waals surface area contributed by atoms with Crippen molar-refractivity contribution in [1.29, 1.82) is 0 Å². The molecule has 3 heterocycles. The number of hydrazine groups is 1. The number of anilines is 2. The molecule has 2 aliphatic rings. The molecule has 0 spiro atoms. The number of nitrogens with zero attached hydrogens (tertiary/aromatic N) is 4. The van der Waals surface area contributed by atoms with Crippen LogP contribution in [0.4, 0.5) is 11.6 Å². The number of aryl methyl sites for hydroxylation is 1. The van der Waals surface area contributed by atoms with Crippen molar-refractivity contribution in [1.82, 2.24) is 14.9 Å². The summed E-state index contributed by atoms with van der Waals surface area (Å²) in [7, 11) is 0. The second-order valence-electron chi connectivity index (χ2n) is 5.84. The van der Waals surface area contributed by atoms with Gasteiger partial charge in [0, 0.05) is 31.2 Å². The maximum Gasteiger partial charge on any atom is 0.148 e. The summed E-state index contributed by atoms with van der Waals surface area (Å²) in [6.07, 6.45) is 3.84. The van der Waals surface area contributed by atoms with Gasteiger partial charge in [-0.2, -0.15) is 0 Å². The van der Waals surface area contributed by atoms with Crippen molar-refractivity contribution in [3.63, 3.8) is 0 Å². The Morgan fingerprint density at radius 2 is 1.95 bits per heavy atom. The third-order valence-corrected chi connectivity index (χ3v) is 4.47. The van der Waals surface area contributed by atoms with Gasteiger partial charge in [0.25, 0.3) is 0 Å².